The van der Waals surface area contributed by atoms with Crippen LogP contribution in [0.2, 0.25) is 0 Å². The molecule has 0 bridgehead atoms. The highest BCUT2D eigenvalue weighted by Gasteiger charge is 2.37. The van der Waals surface area contributed by atoms with Crippen molar-refractivity contribution >= 4 is 29.6 Å². The maximum Gasteiger partial charge on any atom is 0.335 e. The Morgan fingerprint density at radius 2 is 1.89 bits per heavy atom. The summed E-state index contributed by atoms with van der Waals surface area (Å²) >= 11 is 0. The Morgan fingerprint density at radius 3 is 2.61 bits per heavy atom. The van der Waals surface area contributed by atoms with E-state index >= 15 is 0 Å². The van der Waals surface area contributed by atoms with Crippen LogP contribution >= 0.6 is 0 Å². The lowest BCUT2D eigenvalue weighted by atomic mass is 10.1. The van der Waals surface area contributed by atoms with Crippen LogP contribution in [-0.4, -0.2) is 31.7 Å². The van der Waals surface area contributed by atoms with Gasteiger partial charge < -0.3 is 14.2 Å². The number of benzene rings is 2. The maximum absolute atomic E-state index is 13.5. The van der Waals surface area contributed by atoms with E-state index in [0.29, 0.717) is 27.7 Å². The largest absolute Gasteiger partial charge is 0.496 e. The highest BCUT2D eigenvalue weighted by Crippen LogP contribution is 2.39. The number of rotatable bonds is 3. The molecule has 0 aromatic heterocycles. The van der Waals surface area contributed by atoms with Crippen molar-refractivity contribution in [3.63, 3.8) is 0 Å². The minimum absolute atomic E-state index is 0.00134. The molecule has 0 spiro atoms. The molecule has 9 heteroatoms. The van der Waals surface area contributed by atoms with E-state index in [-0.39, 0.29) is 18.1 Å². The monoisotopic (exact) mass is 384 g/mol. The molecule has 0 radical (unpaired) electrons. The van der Waals surface area contributed by atoms with E-state index in [1.54, 1.807) is 12.1 Å². The van der Waals surface area contributed by atoms with Crippen molar-refractivity contribution in [1.29, 1.82) is 0 Å². The number of halogens is 1. The Balaban J connectivity index is 1.78. The number of hydrogen-bond acceptors (Lipinski definition) is 6. The molecule has 0 atom stereocenters. The van der Waals surface area contributed by atoms with Crippen molar-refractivity contribution in [2.45, 2.75) is 0 Å². The minimum atomic E-state index is -0.963. The zero-order chi connectivity index (χ0) is 19.8. The number of fused-ring (bicyclic) bond motifs is 1. The van der Waals surface area contributed by atoms with Crippen molar-refractivity contribution in [3.05, 3.63) is 53.4 Å². The van der Waals surface area contributed by atoms with Crippen molar-refractivity contribution in [1.82, 2.24) is 5.32 Å². The number of amides is 4. The summed E-state index contributed by atoms with van der Waals surface area (Å²) in [5, 5.41) is 2.08. The molecular formula is C19H13FN2O6. The maximum atomic E-state index is 13.5. The zero-order valence-corrected chi connectivity index (χ0v) is 14.5. The molecule has 0 unspecified atom stereocenters. The van der Waals surface area contributed by atoms with Crippen LogP contribution in [0.5, 0.6) is 17.2 Å². The molecule has 2 aromatic carbocycles. The smallest absolute Gasteiger partial charge is 0.335 e. The highest BCUT2D eigenvalue weighted by atomic mass is 19.1. The van der Waals surface area contributed by atoms with Gasteiger partial charge in [0, 0.05) is 11.6 Å². The number of ether oxygens (including phenoxy) is 3. The molecule has 28 heavy (non-hydrogen) atoms. The first-order valence-corrected chi connectivity index (χ1v) is 8.12. The van der Waals surface area contributed by atoms with Crippen LogP contribution in [0.25, 0.3) is 6.08 Å². The van der Waals surface area contributed by atoms with E-state index in [2.05, 4.69) is 5.32 Å². The normalized spacial score (nSPS) is 17.1. The summed E-state index contributed by atoms with van der Waals surface area (Å²) in [5.41, 5.74) is 0.0540. The lowest BCUT2D eigenvalue weighted by Gasteiger charge is -2.26. The van der Waals surface area contributed by atoms with Crippen molar-refractivity contribution in [3.8, 4) is 17.2 Å². The zero-order valence-electron chi connectivity index (χ0n) is 14.5. The van der Waals surface area contributed by atoms with Gasteiger partial charge in [-0.2, -0.15) is 0 Å². The lowest BCUT2D eigenvalue weighted by Crippen LogP contribution is -2.54. The number of methoxy groups -OCH3 is 1. The summed E-state index contributed by atoms with van der Waals surface area (Å²) in [6.07, 6.45) is 1.27. The van der Waals surface area contributed by atoms with Gasteiger partial charge in [-0.25, -0.2) is 14.1 Å². The molecule has 142 valence electrons. The van der Waals surface area contributed by atoms with Gasteiger partial charge in [0.1, 0.15) is 17.1 Å². The molecule has 0 aliphatic carbocycles. The van der Waals surface area contributed by atoms with Gasteiger partial charge in [-0.1, -0.05) is 6.07 Å². The van der Waals surface area contributed by atoms with Crippen LogP contribution in [0, 0.1) is 5.82 Å². The van der Waals surface area contributed by atoms with Crippen LogP contribution in [0.1, 0.15) is 5.56 Å². The number of urea groups is 1. The molecule has 2 aromatic rings. The second-order valence-corrected chi connectivity index (χ2v) is 5.89. The Morgan fingerprint density at radius 1 is 1.14 bits per heavy atom. The van der Waals surface area contributed by atoms with Gasteiger partial charge >= 0.3 is 6.03 Å². The molecule has 4 rings (SSSR count). The average molecular weight is 384 g/mol. The summed E-state index contributed by atoms with van der Waals surface area (Å²) in [7, 11) is 1.42. The number of nitrogens with one attached hydrogen (secondary N) is 1. The summed E-state index contributed by atoms with van der Waals surface area (Å²) in [6, 6.07) is 7.09. The molecule has 4 amide bonds. The van der Waals surface area contributed by atoms with Gasteiger partial charge in [-0.15, -0.1) is 0 Å². The molecule has 2 aliphatic rings. The van der Waals surface area contributed by atoms with Gasteiger partial charge in [-0.3, -0.25) is 14.9 Å². The fourth-order valence-electron chi connectivity index (χ4n) is 2.89. The second kappa shape index (κ2) is 6.69. The van der Waals surface area contributed by atoms with Crippen molar-refractivity contribution < 1.29 is 33.0 Å². The summed E-state index contributed by atoms with van der Waals surface area (Å²) < 4.78 is 29.4. The molecule has 0 saturated carbocycles. The molecule has 1 saturated heterocycles. The van der Waals surface area contributed by atoms with E-state index < -0.39 is 23.7 Å². The third-order valence-corrected chi connectivity index (χ3v) is 4.19. The molecule has 2 aliphatic heterocycles. The topological polar surface area (TPSA) is 94.2 Å². The predicted molar refractivity (Wildman–Crippen MR) is 94.5 cm³/mol. The molecule has 1 N–H and O–H groups in total. The van der Waals surface area contributed by atoms with Gasteiger partial charge in [0.05, 0.1) is 12.8 Å². The first-order chi connectivity index (χ1) is 13.5. The van der Waals surface area contributed by atoms with E-state index in [9.17, 15) is 18.8 Å². The fraction of sp³-hybridized carbons (Fsp3) is 0.105. The van der Waals surface area contributed by atoms with E-state index in [0.717, 1.165) is 6.07 Å². The van der Waals surface area contributed by atoms with Crippen LogP contribution in [0.4, 0.5) is 14.9 Å². The summed E-state index contributed by atoms with van der Waals surface area (Å²) in [4.78, 5) is 38.0. The number of hydrogen-bond donors (Lipinski definition) is 1. The Kier molecular flexibility index (Phi) is 4.19. The number of carbonyl (C=O) groups is 3. The molecule has 8 nitrogen and oxygen atoms in total. The number of anilines is 1. The van der Waals surface area contributed by atoms with Gasteiger partial charge in [0.25, 0.3) is 11.8 Å². The number of barbiturate groups is 1. The first kappa shape index (κ1) is 17.5. The van der Waals surface area contributed by atoms with Gasteiger partial charge in [-0.05, 0) is 30.3 Å². The third kappa shape index (κ3) is 2.92. The van der Waals surface area contributed by atoms with E-state index in [4.69, 9.17) is 14.2 Å². The highest BCUT2D eigenvalue weighted by molar-refractivity contribution is 6.39. The van der Waals surface area contributed by atoms with Crippen molar-refractivity contribution in [2.75, 3.05) is 18.8 Å². The quantitative estimate of drug-likeness (QED) is 0.644. The van der Waals surface area contributed by atoms with E-state index in [1.165, 1.54) is 31.4 Å². The number of imide groups is 2. The minimum Gasteiger partial charge on any atom is -0.496 e. The lowest BCUT2D eigenvalue weighted by molar-refractivity contribution is -0.122. The molecule has 2 heterocycles. The van der Waals surface area contributed by atoms with E-state index in [1.807, 2.05) is 0 Å². The van der Waals surface area contributed by atoms with Gasteiger partial charge in [0.15, 0.2) is 11.5 Å². The fourth-order valence-corrected chi connectivity index (χ4v) is 2.89. The van der Waals surface area contributed by atoms with Crippen LogP contribution in [0.15, 0.2) is 42.0 Å². The summed E-state index contributed by atoms with van der Waals surface area (Å²) in [5.74, 6) is -1.16. The second-order valence-electron chi connectivity index (χ2n) is 5.89. The van der Waals surface area contributed by atoms with Crippen LogP contribution < -0.4 is 24.4 Å². The average Bonchev–Trinajstić information content (AvgIpc) is 3.11. The first-order valence-electron chi connectivity index (χ1n) is 8.12. The standard InChI is InChI=1S/C19H13FN2O6/c1-26-14-8-16-15(27-9-28-16)6-10(14)5-13-17(23)21-19(25)22(18(13)24)12-4-2-3-11(20)7-12/h2-8H,9H2,1H3,(H,21,23,25)/b13-5+. The van der Waals surface area contributed by atoms with Crippen molar-refractivity contribution in [2.24, 2.45) is 0 Å². The van der Waals surface area contributed by atoms with Crippen LogP contribution in [0.3, 0.4) is 0 Å². The summed E-state index contributed by atoms with van der Waals surface area (Å²) in [6.45, 7) is 0.0414. The molecule has 1 fully saturated rings. The molecular weight excluding hydrogens is 371 g/mol. The van der Waals surface area contributed by atoms with Crippen LogP contribution in [-0.2, 0) is 9.59 Å². The third-order valence-electron chi connectivity index (χ3n) is 4.19. The van der Waals surface area contributed by atoms with Gasteiger partial charge in [0.2, 0.25) is 6.79 Å². The Bertz CT molecular complexity index is 1050. The number of nitrogens with zero attached hydrogens (tertiary/aromatic N) is 1. The SMILES string of the molecule is COc1cc2c(cc1/C=C1\C(=O)NC(=O)N(c3cccc(F)c3)C1=O)OCO2. The Labute approximate surface area is 158 Å². The predicted octanol–water partition coefficient (Wildman–Crippen LogP) is 2.23. The number of carbonyl (C=O) groups excluding carboxylic acids is 3. The Hall–Kier alpha value is -3.88.